The van der Waals surface area contributed by atoms with Crippen LogP contribution in [0.15, 0.2) is 10.4 Å². The monoisotopic (exact) mass is 484 g/mol. The van der Waals surface area contributed by atoms with E-state index in [1.165, 1.54) is 12.8 Å². The highest BCUT2D eigenvalue weighted by Crippen LogP contribution is 2.21. The molecule has 1 aromatic heterocycles. The molecule has 0 bridgehead atoms. The first kappa shape index (κ1) is 19.9. The molecule has 0 amide bonds. The third-order valence-corrected chi connectivity index (χ3v) is 6.82. The average Bonchev–Trinajstić information content (AvgIpc) is 3.11. The highest BCUT2D eigenvalue weighted by molar-refractivity contribution is 14.0. The molecule has 2 aliphatic rings. The van der Waals surface area contributed by atoms with E-state index in [9.17, 15) is 8.42 Å². The molecule has 0 aromatic carbocycles. The third kappa shape index (κ3) is 5.83. The molecule has 2 heterocycles. The summed E-state index contributed by atoms with van der Waals surface area (Å²) in [5.74, 6) is 1.61. The maximum atomic E-state index is 11.6. The van der Waals surface area contributed by atoms with Gasteiger partial charge in [-0.05, 0) is 32.1 Å². The van der Waals surface area contributed by atoms with E-state index in [0.29, 0.717) is 24.9 Å². The van der Waals surface area contributed by atoms with Crippen molar-refractivity contribution in [3.63, 3.8) is 0 Å². The number of aromatic nitrogens is 1. The summed E-state index contributed by atoms with van der Waals surface area (Å²) in [5, 5.41) is 6.61. The van der Waals surface area contributed by atoms with Crippen molar-refractivity contribution in [3.05, 3.63) is 16.1 Å². The minimum Gasteiger partial charge on any atom is -0.354 e. The van der Waals surface area contributed by atoms with Crippen LogP contribution in [0.4, 0.5) is 0 Å². The molecule has 3 rings (SSSR count). The Morgan fingerprint density at radius 3 is 2.75 bits per heavy atom. The number of aliphatic imine (C=N–C) groups is 1. The number of aryl methyl sites for hydroxylation is 1. The lowest BCUT2D eigenvalue weighted by Gasteiger charge is -2.22. The summed E-state index contributed by atoms with van der Waals surface area (Å²) in [6, 6.07) is 0.515. The third-order valence-electron chi connectivity index (χ3n) is 4.16. The first-order valence-corrected chi connectivity index (χ1v) is 10.7. The summed E-state index contributed by atoms with van der Waals surface area (Å²) in [7, 11) is -0.824. The van der Waals surface area contributed by atoms with Gasteiger partial charge in [-0.25, -0.2) is 13.4 Å². The van der Waals surface area contributed by atoms with Gasteiger partial charge in [0.1, 0.15) is 0 Å². The van der Waals surface area contributed by atoms with Crippen LogP contribution in [0.1, 0.15) is 30.0 Å². The molecule has 1 aliphatic heterocycles. The zero-order chi connectivity index (χ0) is 16.4. The highest BCUT2D eigenvalue weighted by atomic mass is 127. The molecule has 9 heteroatoms. The molecule has 1 saturated carbocycles. The number of nitrogens with one attached hydrogen (secondary N) is 1. The topological polar surface area (TPSA) is 74.7 Å². The van der Waals surface area contributed by atoms with Crippen molar-refractivity contribution in [1.29, 1.82) is 0 Å². The molecule has 1 saturated heterocycles. The summed E-state index contributed by atoms with van der Waals surface area (Å²) in [5.41, 5.74) is 1.05. The van der Waals surface area contributed by atoms with Gasteiger partial charge in [0.15, 0.2) is 15.8 Å². The van der Waals surface area contributed by atoms with E-state index in [0.717, 1.165) is 23.1 Å². The van der Waals surface area contributed by atoms with Gasteiger partial charge >= 0.3 is 0 Å². The Bertz CT molecular complexity index is 685. The van der Waals surface area contributed by atoms with Crippen LogP contribution in [-0.2, 0) is 16.4 Å². The van der Waals surface area contributed by atoms with Gasteiger partial charge in [0, 0.05) is 25.0 Å². The number of halogens is 1. The minimum atomic E-state index is -2.83. The molecule has 1 unspecified atom stereocenters. The van der Waals surface area contributed by atoms with Gasteiger partial charge in [-0.15, -0.1) is 35.3 Å². The van der Waals surface area contributed by atoms with Crippen LogP contribution < -0.4 is 5.32 Å². The lowest BCUT2D eigenvalue weighted by atomic mass is 10.1. The molecule has 1 aliphatic carbocycles. The standard InChI is InChI=1S/C15H24N4O2S2.HI/c1-11-17-14(9-22-11)8-19(2)15(18-13-3-4-13)16-7-12-5-6-23(20,21)10-12;/h9,12-13H,3-8,10H2,1-2H3,(H,16,18);1H. The van der Waals surface area contributed by atoms with Gasteiger partial charge in [0.2, 0.25) is 0 Å². The lowest BCUT2D eigenvalue weighted by molar-refractivity contribution is 0.464. The second-order valence-corrected chi connectivity index (χ2v) is 9.86. The first-order chi connectivity index (χ1) is 10.9. The van der Waals surface area contributed by atoms with E-state index >= 15 is 0 Å². The van der Waals surface area contributed by atoms with Crippen LogP contribution in [0.2, 0.25) is 0 Å². The largest absolute Gasteiger partial charge is 0.354 e. The van der Waals surface area contributed by atoms with Gasteiger partial charge in [-0.2, -0.15) is 0 Å². The molecule has 1 atom stereocenters. The number of nitrogens with zero attached hydrogens (tertiary/aromatic N) is 3. The van der Waals surface area contributed by atoms with Crippen LogP contribution in [0, 0.1) is 12.8 Å². The van der Waals surface area contributed by atoms with E-state index in [2.05, 4.69) is 20.6 Å². The van der Waals surface area contributed by atoms with E-state index in [-0.39, 0.29) is 35.6 Å². The molecular formula is C15H25IN4O2S2. The number of sulfone groups is 1. The Morgan fingerprint density at radius 2 is 2.21 bits per heavy atom. The summed E-state index contributed by atoms with van der Waals surface area (Å²) in [6.07, 6.45) is 3.10. The molecule has 0 spiro atoms. The maximum Gasteiger partial charge on any atom is 0.194 e. The van der Waals surface area contributed by atoms with E-state index in [1.54, 1.807) is 11.3 Å². The molecule has 1 N–H and O–H groups in total. The van der Waals surface area contributed by atoms with Crippen molar-refractivity contribution in [2.24, 2.45) is 10.9 Å². The van der Waals surface area contributed by atoms with Crippen LogP contribution in [0.25, 0.3) is 0 Å². The zero-order valence-electron chi connectivity index (χ0n) is 14.1. The molecule has 0 radical (unpaired) electrons. The van der Waals surface area contributed by atoms with Crippen molar-refractivity contribution in [1.82, 2.24) is 15.2 Å². The van der Waals surface area contributed by atoms with Crippen molar-refractivity contribution in [2.75, 3.05) is 25.1 Å². The summed E-state index contributed by atoms with van der Waals surface area (Å²) in [6.45, 7) is 3.30. The minimum absolute atomic E-state index is 0. The van der Waals surface area contributed by atoms with Gasteiger partial charge in [-0.3, -0.25) is 4.99 Å². The Kier molecular flexibility index (Phi) is 6.89. The van der Waals surface area contributed by atoms with Crippen molar-refractivity contribution < 1.29 is 8.42 Å². The van der Waals surface area contributed by atoms with Crippen LogP contribution >= 0.6 is 35.3 Å². The lowest BCUT2D eigenvalue weighted by Crippen LogP contribution is -2.40. The molecule has 6 nitrogen and oxygen atoms in total. The molecule has 136 valence electrons. The van der Waals surface area contributed by atoms with Crippen LogP contribution in [-0.4, -0.2) is 55.4 Å². The number of thiazole rings is 1. The Morgan fingerprint density at radius 1 is 1.46 bits per heavy atom. The van der Waals surface area contributed by atoms with Gasteiger partial charge in [0.25, 0.3) is 0 Å². The fourth-order valence-electron chi connectivity index (χ4n) is 2.72. The number of hydrogen-bond donors (Lipinski definition) is 1. The fraction of sp³-hybridized carbons (Fsp3) is 0.733. The number of hydrogen-bond acceptors (Lipinski definition) is 5. The number of rotatable bonds is 5. The second-order valence-electron chi connectivity index (χ2n) is 6.57. The second kappa shape index (κ2) is 8.31. The SMILES string of the molecule is Cc1nc(CN(C)C(=NCC2CCS(=O)(=O)C2)NC2CC2)cs1.I. The Labute approximate surface area is 165 Å². The van der Waals surface area contributed by atoms with Crippen molar-refractivity contribution >= 4 is 51.1 Å². The van der Waals surface area contributed by atoms with Crippen LogP contribution in [0.5, 0.6) is 0 Å². The highest BCUT2D eigenvalue weighted by Gasteiger charge is 2.28. The quantitative estimate of drug-likeness (QED) is 0.394. The number of guanidine groups is 1. The molecule has 24 heavy (non-hydrogen) atoms. The molecule has 1 aromatic rings. The van der Waals surface area contributed by atoms with E-state index < -0.39 is 9.84 Å². The zero-order valence-corrected chi connectivity index (χ0v) is 18.0. The van der Waals surface area contributed by atoms with Gasteiger partial charge < -0.3 is 10.2 Å². The summed E-state index contributed by atoms with van der Waals surface area (Å²) < 4.78 is 23.1. The van der Waals surface area contributed by atoms with Crippen molar-refractivity contribution in [2.45, 2.75) is 38.8 Å². The average molecular weight is 484 g/mol. The molecule has 2 fully saturated rings. The summed E-state index contributed by atoms with van der Waals surface area (Å²) in [4.78, 5) is 11.3. The smallest absolute Gasteiger partial charge is 0.194 e. The van der Waals surface area contributed by atoms with Gasteiger partial charge in [0.05, 0.1) is 28.8 Å². The molecular weight excluding hydrogens is 459 g/mol. The van der Waals surface area contributed by atoms with E-state index in [1.807, 2.05) is 14.0 Å². The predicted molar refractivity (Wildman–Crippen MR) is 109 cm³/mol. The predicted octanol–water partition coefficient (Wildman–Crippen LogP) is 2.04. The Hall–Kier alpha value is -0.420. The van der Waals surface area contributed by atoms with Gasteiger partial charge in [-0.1, -0.05) is 0 Å². The summed E-state index contributed by atoms with van der Waals surface area (Å²) >= 11 is 1.65. The Balaban J connectivity index is 0.00000208. The normalized spacial score (nSPS) is 22.9. The fourth-order valence-corrected chi connectivity index (χ4v) is 5.17. The maximum absolute atomic E-state index is 11.6. The van der Waals surface area contributed by atoms with Crippen LogP contribution in [0.3, 0.4) is 0 Å². The first-order valence-electron chi connectivity index (χ1n) is 8.05. The van der Waals surface area contributed by atoms with E-state index in [4.69, 9.17) is 4.99 Å². The van der Waals surface area contributed by atoms with Crippen molar-refractivity contribution in [3.8, 4) is 0 Å².